The third-order valence-corrected chi connectivity index (χ3v) is 12.0. The molecule has 3 saturated heterocycles. The van der Waals surface area contributed by atoms with Gasteiger partial charge in [0.1, 0.15) is 17.7 Å². The summed E-state index contributed by atoms with van der Waals surface area (Å²) in [4.78, 5) is 60.5. The Hall–Kier alpha value is -3.02. The van der Waals surface area contributed by atoms with Crippen molar-refractivity contribution in [2.75, 3.05) is 13.2 Å². The van der Waals surface area contributed by atoms with Gasteiger partial charge in [-0.3, -0.25) is 19.2 Å². The fraction of sp³-hybridized carbons (Fsp3) is 0.659. The van der Waals surface area contributed by atoms with Crippen LogP contribution in [0.5, 0.6) is 0 Å². The number of fused-ring (bicyclic) bond motifs is 1. The van der Waals surface area contributed by atoms with Gasteiger partial charge in [0.25, 0.3) is 0 Å². The molecule has 3 amide bonds. The fourth-order valence-electron chi connectivity index (χ4n) is 9.03. The Kier molecular flexibility index (Phi) is 13.3. The summed E-state index contributed by atoms with van der Waals surface area (Å²) in [6.07, 6.45) is 4.18. The van der Waals surface area contributed by atoms with Crippen LogP contribution < -0.4 is 5.32 Å². The number of amides is 3. The Morgan fingerprint density at radius 3 is 2.37 bits per heavy atom. The maximum atomic E-state index is 15.2. The number of allylic oxidation sites excluding steroid dienone is 1. The van der Waals surface area contributed by atoms with Crippen LogP contribution in [-0.4, -0.2) is 91.9 Å². The van der Waals surface area contributed by atoms with Crippen molar-refractivity contribution in [3.63, 3.8) is 0 Å². The second kappa shape index (κ2) is 16.6. The molecule has 0 aliphatic carbocycles. The van der Waals surface area contributed by atoms with Gasteiger partial charge in [-0.05, 0) is 56.9 Å². The number of halogens is 1. The van der Waals surface area contributed by atoms with Crippen LogP contribution in [0.4, 0.5) is 0 Å². The van der Waals surface area contributed by atoms with Gasteiger partial charge in [0.15, 0.2) is 0 Å². The molecule has 1 aromatic carbocycles. The van der Waals surface area contributed by atoms with E-state index < -0.39 is 65.2 Å². The van der Waals surface area contributed by atoms with E-state index >= 15 is 4.79 Å². The smallest absolute Gasteiger partial charge is 0.313 e. The average Bonchev–Trinajstić information content (AvgIpc) is 3.67. The number of carbonyl (C=O) groups is 4. The zero-order chi connectivity index (χ0) is 38.8. The summed E-state index contributed by atoms with van der Waals surface area (Å²) in [7, 11) is 0. The number of carbonyl (C=O) groups excluding carboxylic acids is 4. The SMILES string of the molecule is C=CCCC(=O)N[C@H](C)[C@@H](OC(=O)[C@H]1[C@@H]2O[C@@]3(CC2Br)[C@@H]1C(=O)N([C@@H](CO)[C@@H](C)CC)[C@@H]3C(=O)N(CC=C)C(C)(C)CC(C)(C)C)c1ccccc1. The predicted octanol–water partition coefficient (Wildman–Crippen LogP) is 6.13. The number of nitrogens with zero attached hydrogens (tertiary/aromatic N) is 2. The Balaban J connectivity index is 1.80. The number of nitrogens with one attached hydrogen (secondary N) is 1. The van der Waals surface area contributed by atoms with E-state index in [-0.39, 0.29) is 47.5 Å². The van der Waals surface area contributed by atoms with Crippen molar-refractivity contribution in [2.24, 2.45) is 23.2 Å². The first-order chi connectivity index (χ1) is 24.4. The minimum absolute atomic E-state index is 0.116. The van der Waals surface area contributed by atoms with Crippen molar-refractivity contribution in [3.8, 4) is 0 Å². The zero-order valence-corrected chi connectivity index (χ0v) is 33.9. The number of likely N-dealkylation sites (tertiary alicyclic amines) is 1. The second-order valence-electron chi connectivity index (χ2n) is 16.8. The van der Waals surface area contributed by atoms with Crippen LogP contribution in [0.1, 0.15) is 99.2 Å². The summed E-state index contributed by atoms with van der Waals surface area (Å²) in [6.45, 7) is 23.7. The van der Waals surface area contributed by atoms with E-state index in [9.17, 15) is 19.5 Å². The van der Waals surface area contributed by atoms with Crippen LogP contribution in [0.3, 0.4) is 0 Å². The minimum atomic E-state index is -1.35. The van der Waals surface area contributed by atoms with E-state index in [1.165, 1.54) is 0 Å². The highest BCUT2D eigenvalue weighted by Gasteiger charge is 2.78. The Labute approximate surface area is 318 Å². The van der Waals surface area contributed by atoms with Gasteiger partial charge in [-0.2, -0.15) is 0 Å². The van der Waals surface area contributed by atoms with Crippen LogP contribution in [-0.2, 0) is 28.7 Å². The van der Waals surface area contributed by atoms with E-state index in [0.29, 0.717) is 31.2 Å². The average molecular weight is 787 g/mol. The molecule has 52 heavy (non-hydrogen) atoms. The van der Waals surface area contributed by atoms with Crippen LogP contribution in [0.15, 0.2) is 55.6 Å². The van der Waals surface area contributed by atoms with Gasteiger partial charge in [0.05, 0.1) is 36.6 Å². The molecule has 1 unspecified atom stereocenters. The van der Waals surface area contributed by atoms with Crippen molar-refractivity contribution in [2.45, 2.75) is 134 Å². The molecule has 1 spiro atoms. The predicted molar refractivity (Wildman–Crippen MR) is 205 cm³/mol. The molecule has 0 saturated carbocycles. The molecule has 10 atom stereocenters. The normalized spacial score (nSPS) is 27.7. The van der Waals surface area contributed by atoms with Crippen molar-refractivity contribution in [1.82, 2.24) is 15.1 Å². The molecule has 3 aliphatic heterocycles. The van der Waals surface area contributed by atoms with Gasteiger partial charge < -0.3 is 29.7 Å². The molecular weight excluding hydrogens is 726 g/mol. The number of ether oxygens (including phenoxy) is 2. The molecular formula is C41H60BrN3O7. The minimum Gasteiger partial charge on any atom is -0.455 e. The van der Waals surface area contributed by atoms with Crippen LogP contribution >= 0.6 is 15.9 Å². The largest absolute Gasteiger partial charge is 0.455 e. The molecule has 4 rings (SSSR count). The van der Waals surface area contributed by atoms with E-state index in [2.05, 4.69) is 55.2 Å². The van der Waals surface area contributed by atoms with E-state index in [0.717, 1.165) is 0 Å². The van der Waals surface area contributed by atoms with Crippen molar-refractivity contribution in [3.05, 3.63) is 61.2 Å². The summed E-state index contributed by atoms with van der Waals surface area (Å²) in [5.41, 5.74) is -1.40. The summed E-state index contributed by atoms with van der Waals surface area (Å²) < 4.78 is 13.1. The number of rotatable bonds is 17. The fourth-order valence-corrected chi connectivity index (χ4v) is 9.98. The van der Waals surface area contributed by atoms with Gasteiger partial charge >= 0.3 is 5.97 Å². The highest BCUT2D eigenvalue weighted by molar-refractivity contribution is 9.09. The summed E-state index contributed by atoms with van der Waals surface area (Å²) in [6, 6.07) is 6.82. The molecule has 2 N–H and O–H groups in total. The van der Waals surface area contributed by atoms with Crippen LogP contribution in [0, 0.1) is 23.2 Å². The number of aliphatic hydroxyl groups is 1. The molecule has 0 radical (unpaired) electrons. The molecule has 1 aromatic rings. The van der Waals surface area contributed by atoms with Gasteiger partial charge in [0, 0.05) is 23.3 Å². The van der Waals surface area contributed by atoms with E-state index in [1.807, 2.05) is 58.0 Å². The zero-order valence-electron chi connectivity index (χ0n) is 32.3. The molecule has 10 nitrogen and oxygen atoms in total. The number of aliphatic hydroxyl groups excluding tert-OH is 1. The number of hydrogen-bond acceptors (Lipinski definition) is 7. The lowest BCUT2D eigenvalue weighted by molar-refractivity contribution is -0.163. The second-order valence-corrected chi connectivity index (χ2v) is 18.0. The number of esters is 1. The van der Waals surface area contributed by atoms with Crippen LogP contribution in [0.2, 0.25) is 0 Å². The molecule has 3 aliphatic rings. The molecule has 3 fully saturated rings. The Bertz CT molecular complexity index is 1480. The monoisotopic (exact) mass is 785 g/mol. The Morgan fingerprint density at radius 2 is 1.81 bits per heavy atom. The van der Waals surface area contributed by atoms with Gasteiger partial charge in [0.2, 0.25) is 17.7 Å². The Morgan fingerprint density at radius 1 is 1.15 bits per heavy atom. The lowest BCUT2D eigenvalue weighted by Crippen LogP contribution is -2.63. The molecule has 11 heteroatoms. The van der Waals surface area contributed by atoms with Crippen molar-refractivity contribution < 1.29 is 33.8 Å². The van der Waals surface area contributed by atoms with Crippen molar-refractivity contribution in [1.29, 1.82) is 0 Å². The molecule has 288 valence electrons. The van der Waals surface area contributed by atoms with Crippen LogP contribution in [0.25, 0.3) is 0 Å². The third kappa shape index (κ3) is 8.21. The quantitative estimate of drug-likeness (QED) is 0.111. The van der Waals surface area contributed by atoms with Gasteiger partial charge in [-0.25, -0.2) is 0 Å². The standard InChI is InChI=1S/C41H60BrN3O7/c1-11-14-20-30(47)43-26(5)33(27-18-16-15-17-19-27)51-38(50)31-32-36(48)45(29(23-46)25(4)13-3)35(41(32)22-28(42)34(31)52-41)37(49)44(21-12-2)40(9,10)24-39(6,7)8/h11-12,15-19,25-26,28-29,31-35,46H,1-2,13-14,20-24H2,3-10H3,(H,43,47)/t25-,26+,28?,29-,31+,32-,33+,34+,35+,41-/m0/s1. The maximum absolute atomic E-state index is 15.2. The number of alkyl halides is 1. The van der Waals surface area contributed by atoms with Gasteiger partial charge in [-0.1, -0.05) is 99.5 Å². The molecule has 3 heterocycles. The number of hydrogen-bond donors (Lipinski definition) is 2. The first-order valence-corrected chi connectivity index (χ1v) is 19.6. The van der Waals surface area contributed by atoms with Crippen molar-refractivity contribution >= 4 is 39.6 Å². The topological polar surface area (TPSA) is 125 Å². The lowest BCUT2D eigenvalue weighted by Gasteiger charge is -2.47. The first kappa shape index (κ1) is 41.7. The van der Waals surface area contributed by atoms with Gasteiger partial charge in [-0.15, -0.1) is 13.2 Å². The third-order valence-electron chi connectivity index (χ3n) is 11.1. The maximum Gasteiger partial charge on any atom is 0.313 e. The van der Waals surface area contributed by atoms with E-state index in [1.54, 1.807) is 28.9 Å². The van der Waals surface area contributed by atoms with E-state index in [4.69, 9.17) is 9.47 Å². The summed E-state index contributed by atoms with van der Waals surface area (Å²) in [5.74, 6) is -3.72. The highest BCUT2D eigenvalue weighted by Crippen LogP contribution is 2.61. The molecule has 2 bridgehead atoms. The highest BCUT2D eigenvalue weighted by atomic mass is 79.9. The summed E-state index contributed by atoms with van der Waals surface area (Å²) >= 11 is 3.77. The number of benzene rings is 1. The lowest BCUT2D eigenvalue weighted by atomic mass is 9.70. The molecule has 0 aromatic heterocycles. The summed E-state index contributed by atoms with van der Waals surface area (Å²) in [5, 5.41) is 13.8. The first-order valence-electron chi connectivity index (χ1n) is 18.7.